The lowest BCUT2D eigenvalue weighted by Gasteiger charge is -2.24. The summed E-state index contributed by atoms with van der Waals surface area (Å²) in [5.41, 5.74) is 0. The third-order valence-corrected chi connectivity index (χ3v) is 12.1. The topological polar surface area (TPSA) is 95.9 Å². The molecule has 0 aromatic heterocycles. The van der Waals surface area contributed by atoms with Crippen LogP contribution in [0, 0.1) is 0 Å². The van der Waals surface area contributed by atoms with E-state index < -0.39 is 18.2 Å². The lowest BCUT2D eigenvalue weighted by molar-refractivity contribution is -0.150. The van der Waals surface area contributed by atoms with Gasteiger partial charge in [0, 0.05) is 12.8 Å². The zero-order chi connectivity index (χ0) is 45.9. The van der Waals surface area contributed by atoms with Crippen LogP contribution in [0.5, 0.6) is 0 Å². The molecule has 0 aliphatic carbocycles. The van der Waals surface area contributed by atoms with Gasteiger partial charge in [0.25, 0.3) is 0 Å². The van der Waals surface area contributed by atoms with Crippen LogP contribution in [-0.2, 0) is 14.3 Å². The van der Waals surface area contributed by atoms with Gasteiger partial charge in [-0.1, -0.05) is 236 Å². The molecule has 3 unspecified atom stereocenters. The summed E-state index contributed by atoms with van der Waals surface area (Å²) >= 11 is 0. The molecule has 0 heterocycles. The van der Waals surface area contributed by atoms with Crippen molar-refractivity contribution in [1.29, 1.82) is 0 Å². The molecule has 0 aromatic carbocycles. The molecule has 3 N–H and O–H groups in total. The molecule has 1 amide bonds. The molecule has 0 fully saturated rings. The Kier molecular flexibility index (Phi) is 48.6. The minimum atomic E-state index is -0.813. The number of allylic oxidation sites excluding steroid dienone is 9. The van der Waals surface area contributed by atoms with Crippen LogP contribution in [0.3, 0.4) is 0 Å². The first kappa shape index (κ1) is 60.6. The molecule has 0 rings (SSSR count). The maximum atomic E-state index is 13.2. The molecule has 63 heavy (non-hydrogen) atoms. The van der Waals surface area contributed by atoms with Crippen molar-refractivity contribution < 1.29 is 24.5 Å². The van der Waals surface area contributed by atoms with E-state index in [4.69, 9.17) is 4.74 Å². The molecule has 6 heteroatoms. The molecule has 0 spiro atoms. The fraction of sp³-hybridized carbons (Fsp3) is 0.789. The first-order chi connectivity index (χ1) is 31.0. The molecular weight excluding hydrogens is 779 g/mol. The lowest BCUT2D eigenvalue weighted by Crippen LogP contribution is -2.46. The Morgan fingerprint density at radius 2 is 0.841 bits per heavy atom. The molecule has 0 radical (unpaired) electrons. The van der Waals surface area contributed by atoms with Crippen LogP contribution in [0.25, 0.3) is 0 Å². The second-order valence-corrected chi connectivity index (χ2v) is 18.3. The smallest absolute Gasteiger partial charge is 0.306 e. The van der Waals surface area contributed by atoms with Crippen molar-refractivity contribution in [3.63, 3.8) is 0 Å². The highest BCUT2D eigenvalue weighted by atomic mass is 16.5. The number of hydrogen-bond donors (Lipinski definition) is 3. The Hall–Kier alpha value is -2.44. The van der Waals surface area contributed by atoms with Crippen molar-refractivity contribution in [2.45, 2.75) is 283 Å². The number of ether oxygens (including phenoxy) is 1. The minimum Gasteiger partial charge on any atom is -0.461 e. The van der Waals surface area contributed by atoms with Crippen molar-refractivity contribution in [2.24, 2.45) is 0 Å². The van der Waals surface area contributed by atoms with E-state index in [1.807, 2.05) is 6.08 Å². The zero-order valence-electron chi connectivity index (χ0n) is 41.7. The van der Waals surface area contributed by atoms with Gasteiger partial charge in [-0.15, -0.1) is 0 Å². The Labute approximate surface area is 390 Å². The summed E-state index contributed by atoms with van der Waals surface area (Å²) < 4.78 is 5.86. The van der Waals surface area contributed by atoms with Crippen molar-refractivity contribution in [3.8, 4) is 0 Å². The van der Waals surface area contributed by atoms with Crippen LogP contribution >= 0.6 is 0 Å². The summed E-state index contributed by atoms with van der Waals surface area (Å²) in [7, 11) is 0. The number of esters is 1. The summed E-state index contributed by atoms with van der Waals surface area (Å²) in [6, 6.07) is -0.733. The van der Waals surface area contributed by atoms with Gasteiger partial charge in [0.05, 0.1) is 25.2 Å². The maximum absolute atomic E-state index is 13.2. The van der Waals surface area contributed by atoms with Gasteiger partial charge < -0.3 is 20.3 Å². The number of carbonyl (C=O) groups excluding carboxylic acids is 2. The quantitative estimate of drug-likeness (QED) is 0.0321. The van der Waals surface area contributed by atoms with E-state index >= 15 is 0 Å². The number of hydrogen-bond acceptors (Lipinski definition) is 5. The second-order valence-electron chi connectivity index (χ2n) is 18.3. The van der Waals surface area contributed by atoms with E-state index in [9.17, 15) is 19.8 Å². The Balaban J connectivity index is 4.64. The predicted octanol–water partition coefficient (Wildman–Crippen LogP) is 16.4. The first-order valence-corrected chi connectivity index (χ1v) is 27.0. The molecule has 0 aliphatic rings. The molecule has 0 saturated heterocycles. The molecule has 0 saturated carbocycles. The molecule has 3 atom stereocenters. The molecule has 6 nitrogen and oxygen atoms in total. The molecule has 0 aromatic rings. The van der Waals surface area contributed by atoms with E-state index in [0.29, 0.717) is 19.3 Å². The monoisotopic (exact) mass is 882 g/mol. The maximum Gasteiger partial charge on any atom is 0.306 e. The Bertz CT molecular complexity index is 1130. The van der Waals surface area contributed by atoms with Gasteiger partial charge >= 0.3 is 5.97 Å². The summed E-state index contributed by atoms with van der Waals surface area (Å²) in [5, 5.41) is 23.8. The highest BCUT2D eigenvalue weighted by Gasteiger charge is 2.23. The van der Waals surface area contributed by atoms with Crippen LogP contribution in [0.4, 0.5) is 0 Å². The average Bonchev–Trinajstić information content (AvgIpc) is 3.28. The fourth-order valence-corrected chi connectivity index (χ4v) is 7.93. The molecule has 0 bridgehead atoms. The van der Waals surface area contributed by atoms with Crippen molar-refractivity contribution in [3.05, 3.63) is 60.8 Å². The second kappa shape index (κ2) is 50.6. The van der Waals surface area contributed by atoms with Crippen LogP contribution in [0.1, 0.15) is 265 Å². The largest absolute Gasteiger partial charge is 0.461 e. The van der Waals surface area contributed by atoms with E-state index in [2.05, 4.69) is 80.8 Å². The van der Waals surface area contributed by atoms with Gasteiger partial charge in [-0.3, -0.25) is 9.59 Å². The van der Waals surface area contributed by atoms with Gasteiger partial charge in [-0.25, -0.2) is 0 Å². The zero-order valence-corrected chi connectivity index (χ0v) is 41.7. The number of unbranched alkanes of at least 4 members (excludes halogenated alkanes) is 27. The minimum absolute atomic E-state index is 0.00191. The third-order valence-electron chi connectivity index (χ3n) is 12.1. The highest BCUT2D eigenvalue weighted by molar-refractivity contribution is 5.77. The lowest BCUT2D eigenvalue weighted by atomic mass is 10.0. The third kappa shape index (κ3) is 45.9. The summed E-state index contributed by atoms with van der Waals surface area (Å²) in [5.74, 6) is -0.583. The van der Waals surface area contributed by atoms with Crippen LogP contribution in [0.15, 0.2) is 60.8 Å². The van der Waals surface area contributed by atoms with E-state index in [1.165, 1.54) is 154 Å². The number of aliphatic hydroxyl groups is 2. The van der Waals surface area contributed by atoms with Crippen molar-refractivity contribution >= 4 is 11.9 Å². The summed E-state index contributed by atoms with van der Waals surface area (Å²) in [4.78, 5) is 26.1. The number of amides is 1. The van der Waals surface area contributed by atoms with Crippen LogP contribution < -0.4 is 5.32 Å². The number of carbonyl (C=O) groups is 2. The number of nitrogens with one attached hydrogen (secondary N) is 1. The van der Waals surface area contributed by atoms with Gasteiger partial charge in [0.15, 0.2) is 0 Å². The number of aliphatic hydroxyl groups excluding tert-OH is 2. The van der Waals surface area contributed by atoms with Gasteiger partial charge in [0.1, 0.15) is 6.10 Å². The van der Waals surface area contributed by atoms with Gasteiger partial charge in [-0.05, 0) is 70.6 Å². The molecular formula is C57H103NO5. The van der Waals surface area contributed by atoms with E-state index in [1.54, 1.807) is 0 Å². The van der Waals surface area contributed by atoms with E-state index in [0.717, 1.165) is 64.2 Å². The fourth-order valence-electron chi connectivity index (χ4n) is 7.93. The highest BCUT2D eigenvalue weighted by Crippen LogP contribution is 2.17. The standard InChI is InChI=1S/C57H103NO5/c1-4-7-10-13-16-19-22-25-27-28-30-32-34-37-40-43-46-49-55(60)54(52-59)58-56(61)51-53(48-45-42-39-36-33-31-29-26-23-20-17-14-11-8-5-2)63-57(62)50-47-44-41-38-35-24-21-18-15-12-9-6-3/h17-18,20-21,26,29,33,36,42,45,53-55,59-60H,4-16,19,22-25,27-28,30-32,34-35,37-41,43-44,46-52H2,1-3H3,(H,58,61)/b20-17-,21-18-,29-26-,36-33-,45-42-. The van der Waals surface area contributed by atoms with Crippen LogP contribution in [0.2, 0.25) is 0 Å². The average molecular weight is 882 g/mol. The normalized spacial score (nSPS) is 13.7. The summed E-state index contributed by atoms with van der Waals surface area (Å²) in [6.45, 7) is 6.42. The van der Waals surface area contributed by atoms with Crippen molar-refractivity contribution in [2.75, 3.05) is 6.61 Å². The predicted molar refractivity (Wildman–Crippen MR) is 273 cm³/mol. The summed E-state index contributed by atoms with van der Waals surface area (Å²) in [6.07, 6.45) is 63.0. The Morgan fingerprint density at radius 3 is 1.32 bits per heavy atom. The molecule has 0 aliphatic heterocycles. The first-order valence-electron chi connectivity index (χ1n) is 27.0. The van der Waals surface area contributed by atoms with Gasteiger partial charge in [-0.2, -0.15) is 0 Å². The SMILES string of the molecule is CCCCC/C=C\C/C=C\C/C=C\C/C=C\CC(CC(=O)NC(CO)C(O)CCCCCCCCCCCCCCCCCCC)OC(=O)CCCCCCC/C=C\CCCCC. The van der Waals surface area contributed by atoms with Crippen molar-refractivity contribution in [1.82, 2.24) is 5.32 Å². The molecule has 366 valence electrons. The van der Waals surface area contributed by atoms with E-state index in [-0.39, 0.29) is 24.9 Å². The van der Waals surface area contributed by atoms with Crippen LogP contribution in [-0.4, -0.2) is 46.9 Å². The number of rotatable bonds is 48. The Morgan fingerprint density at radius 1 is 0.476 bits per heavy atom. The van der Waals surface area contributed by atoms with Gasteiger partial charge in [0.2, 0.25) is 5.91 Å².